The summed E-state index contributed by atoms with van der Waals surface area (Å²) in [6, 6.07) is 17.8. The lowest BCUT2D eigenvalue weighted by Crippen LogP contribution is -2.28. The Morgan fingerprint density at radius 2 is 1.92 bits per heavy atom. The SMILES string of the molecule is CC[C@@H](NC(=O)c1cc(COc2ccccc2)[nH]n1)c1ccc(O)cc1. The number of benzene rings is 2. The van der Waals surface area contributed by atoms with Gasteiger partial charge in [0.25, 0.3) is 5.91 Å². The number of carbonyl (C=O) groups excluding carboxylic acids is 1. The van der Waals surface area contributed by atoms with E-state index in [1.165, 1.54) is 0 Å². The highest BCUT2D eigenvalue weighted by molar-refractivity contribution is 5.92. The van der Waals surface area contributed by atoms with E-state index in [1.54, 1.807) is 30.3 Å². The molecule has 1 aromatic heterocycles. The number of hydrogen-bond acceptors (Lipinski definition) is 4. The molecule has 0 aliphatic carbocycles. The molecule has 0 saturated carbocycles. The number of hydrogen-bond donors (Lipinski definition) is 3. The van der Waals surface area contributed by atoms with Gasteiger partial charge in [-0.2, -0.15) is 5.10 Å². The van der Waals surface area contributed by atoms with E-state index in [1.807, 2.05) is 37.3 Å². The first kappa shape index (κ1) is 17.5. The van der Waals surface area contributed by atoms with E-state index >= 15 is 0 Å². The Balaban J connectivity index is 1.60. The highest BCUT2D eigenvalue weighted by atomic mass is 16.5. The van der Waals surface area contributed by atoms with Crippen LogP contribution in [0.25, 0.3) is 0 Å². The van der Waals surface area contributed by atoms with Crippen LogP contribution in [0.5, 0.6) is 11.5 Å². The lowest BCUT2D eigenvalue weighted by molar-refractivity contribution is 0.0930. The molecule has 2 aromatic carbocycles. The molecule has 1 amide bonds. The normalized spacial score (nSPS) is 11.7. The van der Waals surface area contributed by atoms with Crippen molar-refractivity contribution in [3.63, 3.8) is 0 Å². The fourth-order valence-electron chi connectivity index (χ4n) is 2.59. The predicted octanol–water partition coefficient (Wildman–Crippen LogP) is 3.58. The van der Waals surface area contributed by atoms with Crippen molar-refractivity contribution in [2.45, 2.75) is 26.0 Å². The van der Waals surface area contributed by atoms with Gasteiger partial charge in [-0.05, 0) is 42.3 Å². The standard InChI is InChI=1S/C20H21N3O3/c1-2-18(14-8-10-16(24)11-9-14)21-20(25)19-12-15(22-23-19)13-26-17-6-4-3-5-7-17/h3-12,18,24H,2,13H2,1H3,(H,21,25)(H,22,23)/t18-/m1/s1. The number of phenols is 1. The van der Waals surface area contributed by atoms with E-state index in [0.717, 1.165) is 23.4 Å². The summed E-state index contributed by atoms with van der Waals surface area (Å²) in [4.78, 5) is 12.5. The van der Waals surface area contributed by atoms with Crippen LogP contribution in [0.3, 0.4) is 0 Å². The van der Waals surface area contributed by atoms with Crippen LogP contribution in [0.4, 0.5) is 0 Å². The van der Waals surface area contributed by atoms with E-state index in [2.05, 4.69) is 15.5 Å². The van der Waals surface area contributed by atoms with Crippen LogP contribution >= 0.6 is 0 Å². The van der Waals surface area contributed by atoms with Crippen molar-refractivity contribution in [1.82, 2.24) is 15.5 Å². The Kier molecular flexibility index (Phi) is 5.53. The lowest BCUT2D eigenvalue weighted by Gasteiger charge is -2.16. The number of amides is 1. The summed E-state index contributed by atoms with van der Waals surface area (Å²) < 4.78 is 5.64. The van der Waals surface area contributed by atoms with Gasteiger partial charge in [-0.1, -0.05) is 37.3 Å². The number of aromatic hydroxyl groups is 1. The zero-order valence-corrected chi connectivity index (χ0v) is 14.5. The summed E-state index contributed by atoms with van der Waals surface area (Å²) in [6.45, 7) is 2.29. The second kappa shape index (κ2) is 8.20. The van der Waals surface area contributed by atoms with Gasteiger partial charge in [0, 0.05) is 0 Å². The largest absolute Gasteiger partial charge is 0.508 e. The molecule has 1 atom stereocenters. The van der Waals surface area contributed by atoms with Gasteiger partial charge in [-0.25, -0.2) is 0 Å². The summed E-state index contributed by atoms with van der Waals surface area (Å²) in [5.41, 5.74) is 1.97. The number of para-hydroxylation sites is 1. The monoisotopic (exact) mass is 351 g/mol. The number of carbonyl (C=O) groups is 1. The molecule has 6 nitrogen and oxygen atoms in total. The van der Waals surface area contributed by atoms with Gasteiger partial charge >= 0.3 is 0 Å². The Labute approximate surface area is 151 Å². The zero-order chi connectivity index (χ0) is 18.4. The van der Waals surface area contributed by atoms with Crippen molar-refractivity contribution >= 4 is 5.91 Å². The molecule has 3 rings (SSSR count). The number of nitrogens with zero attached hydrogens (tertiary/aromatic N) is 1. The highest BCUT2D eigenvalue weighted by Crippen LogP contribution is 2.20. The number of H-pyrrole nitrogens is 1. The molecule has 134 valence electrons. The molecule has 3 aromatic rings. The first-order valence-electron chi connectivity index (χ1n) is 8.47. The van der Waals surface area contributed by atoms with Crippen molar-refractivity contribution in [3.8, 4) is 11.5 Å². The van der Waals surface area contributed by atoms with Crippen molar-refractivity contribution in [1.29, 1.82) is 0 Å². The van der Waals surface area contributed by atoms with E-state index in [0.29, 0.717) is 12.3 Å². The quantitative estimate of drug-likeness (QED) is 0.607. The second-order valence-electron chi connectivity index (χ2n) is 5.91. The van der Waals surface area contributed by atoms with Gasteiger partial charge < -0.3 is 15.2 Å². The molecule has 0 aliphatic heterocycles. The van der Waals surface area contributed by atoms with E-state index in [9.17, 15) is 9.90 Å². The minimum atomic E-state index is -0.257. The number of rotatable bonds is 7. The van der Waals surface area contributed by atoms with Crippen molar-refractivity contribution < 1.29 is 14.6 Å². The molecule has 6 heteroatoms. The van der Waals surface area contributed by atoms with Crippen LogP contribution in [0, 0.1) is 0 Å². The predicted molar refractivity (Wildman–Crippen MR) is 98.0 cm³/mol. The molecule has 26 heavy (non-hydrogen) atoms. The Bertz CT molecular complexity index is 844. The number of phenolic OH excluding ortho intramolecular Hbond substituents is 1. The first-order valence-corrected chi connectivity index (χ1v) is 8.47. The number of nitrogens with one attached hydrogen (secondary N) is 2. The molecule has 0 fully saturated rings. The van der Waals surface area contributed by atoms with Crippen molar-refractivity contribution in [2.75, 3.05) is 0 Å². The average Bonchev–Trinajstić information content (AvgIpc) is 3.15. The third-order valence-corrected chi connectivity index (χ3v) is 4.01. The fraction of sp³-hybridized carbons (Fsp3) is 0.200. The zero-order valence-electron chi connectivity index (χ0n) is 14.5. The van der Waals surface area contributed by atoms with Crippen molar-refractivity contribution in [3.05, 3.63) is 77.6 Å². The molecule has 0 radical (unpaired) electrons. The van der Waals surface area contributed by atoms with Crippen LogP contribution in [-0.2, 0) is 6.61 Å². The van der Waals surface area contributed by atoms with Gasteiger partial charge in [0.05, 0.1) is 11.7 Å². The average molecular weight is 351 g/mol. The minimum Gasteiger partial charge on any atom is -0.508 e. The van der Waals surface area contributed by atoms with Crippen LogP contribution in [-0.4, -0.2) is 21.2 Å². The fourth-order valence-corrected chi connectivity index (χ4v) is 2.59. The summed E-state index contributed by atoms with van der Waals surface area (Å²) in [5.74, 6) is 0.698. The van der Waals surface area contributed by atoms with Crippen LogP contribution in [0.2, 0.25) is 0 Å². The summed E-state index contributed by atoms with van der Waals surface area (Å²) in [7, 11) is 0. The van der Waals surface area contributed by atoms with Crippen LogP contribution in [0.1, 0.15) is 41.1 Å². The summed E-state index contributed by atoms with van der Waals surface area (Å²) >= 11 is 0. The summed E-state index contributed by atoms with van der Waals surface area (Å²) in [5, 5.41) is 19.2. The molecule has 1 heterocycles. The van der Waals surface area contributed by atoms with E-state index in [-0.39, 0.29) is 17.7 Å². The summed E-state index contributed by atoms with van der Waals surface area (Å²) in [6.07, 6.45) is 0.727. The Morgan fingerprint density at radius 3 is 2.62 bits per heavy atom. The van der Waals surface area contributed by atoms with Crippen molar-refractivity contribution in [2.24, 2.45) is 0 Å². The molecule has 0 bridgehead atoms. The first-order chi connectivity index (χ1) is 12.7. The smallest absolute Gasteiger partial charge is 0.272 e. The number of aromatic nitrogens is 2. The van der Waals surface area contributed by atoms with E-state index < -0.39 is 0 Å². The maximum atomic E-state index is 12.5. The van der Waals surface area contributed by atoms with Gasteiger partial charge in [0.2, 0.25) is 0 Å². The molecular formula is C20H21N3O3. The van der Waals surface area contributed by atoms with Gasteiger partial charge in [0.15, 0.2) is 0 Å². The Morgan fingerprint density at radius 1 is 1.19 bits per heavy atom. The third kappa shape index (κ3) is 4.42. The van der Waals surface area contributed by atoms with E-state index in [4.69, 9.17) is 4.74 Å². The third-order valence-electron chi connectivity index (χ3n) is 4.01. The van der Waals surface area contributed by atoms with Gasteiger partial charge in [-0.3, -0.25) is 9.89 Å². The van der Waals surface area contributed by atoms with Crippen LogP contribution < -0.4 is 10.1 Å². The van der Waals surface area contributed by atoms with Gasteiger partial charge in [-0.15, -0.1) is 0 Å². The maximum Gasteiger partial charge on any atom is 0.272 e. The highest BCUT2D eigenvalue weighted by Gasteiger charge is 2.16. The molecule has 0 saturated heterocycles. The lowest BCUT2D eigenvalue weighted by atomic mass is 10.0. The van der Waals surface area contributed by atoms with Crippen LogP contribution in [0.15, 0.2) is 60.7 Å². The Hall–Kier alpha value is -3.28. The molecular weight excluding hydrogens is 330 g/mol. The second-order valence-corrected chi connectivity index (χ2v) is 5.91. The maximum absolute atomic E-state index is 12.5. The minimum absolute atomic E-state index is 0.149. The number of ether oxygens (including phenoxy) is 1. The molecule has 0 unspecified atom stereocenters. The number of aromatic amines is 1. The molecule has 0 spiro atoms. The topological polar surface area (TPSA) is 87.2 Å². The molecule has 0 aliphatic rings. The molecule has 3 N–H and O–H groups in total. The van der Waals surface area contributed by atoms with Gasteiger partial charge in [0.1, 0.15) is 23.8 Å².